The second-order valence-corrected chi connectivity index (χ2v) is 6.30. The smallest absolute Gasteiger partial charge is 0.306 e. The lowest BCUT2D eigenvalue weighted by atomic mass is 10.1. The molecule has 4 nitrogen and oxygen atoms in total. The molecule has 0 fully saturated rings. The zero-order chi connectivity index (χ0) is 16.0. The van der Waals surface area contributed by atoms with Crippen molar-refractivity contribution in [1.29, 1.82) is 0 Å². The number of rotatable bonds is 5. The number of benzene rings is 1. The average Bonchev–Trinajstić information content (AvgIpc) is 2.34. The van der Waals surface area contributed by atoms with Crippen LogP contribution in [-0.2, 0) is 14.3 Å². The van der Waals surface area contributed by atoms with Gasteiger partial charge in [0.1, 0.15) is 5.60 Å². The zero-order valence-corrected chi connectivity index (χ0v) is 13.7. The van der Waals surface area contributed by atoms with E-state index in [4.69, 9.17) is 16.3 Å². The van der Waals surface area contributed by atoms with Crippen molar-refractivity contribution in [1.82, 2.24) is 5.32 Å². The van der Waals surface area contributed by atoms with E-state index in [0.717, 1.165) is 5.56 Å². The average molecular weight is 312 g/mol. The molecule has 0 aliphatic rings. The third-order valence-electron chi connectivity index (χ3n) is 2.73. The molecule has 1 amide bonds. The highest BCUT2D eigenvalue weighted by Gasteiger charge is 2.18. The van der Waals surface area contributed by atoms with E-state index < -0.39 is 5.60 Å². The van der Waals surface area contributed by atoms with Gasteiger partial charge in [0.25, 0.3) is 0 Å². The number of ether oxygens (including phenoxy) is 1. The van der Waals surface area contributed by atoms with Gasteiger partial charge in [0.2, 0.25) is 5.91 Å². The maximum Gasteiger partial charge on any atom is 0.306 e. The number of carbonyl (C=O) groups is 2. The van der Waals surface area contributed by atoms with Crippen LogP contribution >= 0.6 is 11.6 Å². The normalized spacial score (nSPS) is 12.6. The molecule has 0 spiro atoms. The van der Waals surface area contributed by atoms with Crippen molar-refractivity contribution in [2.45, 2.75) is 52.2 Å². The third-order valence-corrected chi connectivity index (χ3v) is 3.07. The molecule has 21 heavy (non-hydrogen) atoms. The molecule has 1 aromatic rings. The van der Waals surface area contributed by atoms with Crippen LogP contribution in [-0.4, -0.2) is 17.5 Å². The van der Waals surface area contributed by atoms with Crippen molar-refractivity contribution in [2.24, 2.45) is 0 Å². The Hall–Kier alpha value is -1.55. The van der Waals surface area contributed by atoms with Crippen LogP contribution in [0.2, 0.25) is 5.02 Å². The molecule has 1 aromatic carbocycles. The summed E-state index contributed by atoms with van der Waals surface area (Å²) in [6.45, 7) is 7.24. The van der Waals surface area contributed by atoms with Crippen LogP contribution < -0.4 is 5.32 Å². The first-order valence-electron chi connectivity index (χ1n) is 6.94. The fraction of sp³-hybridized carbons (Fsp3) is 0.500. The van der Waals surface area contributed by atoms with Gasteiger partial charge >= 0.3 is 5.97 Å². The summed E-state index contributed by atoms with van der Waals surface area (Å²) in [4.78, 5) is 23.4. The lowest BCUT2D eigenvalue weighted by Crippen LogP contribution is -2.29. The first-order valence-corrected chi connectivity index (χ1v) is 7.32. The second kappa shape index (κ2) is 7.46. The summed E-state index contributed by atoms with van der Waals surface area (Å²) in [5.74, 6) is -0.573. The minimum absolute atomic E-state index is 0.0678. The van der Waals surface area contributed by atoms with Crippen LogP contribution in [0.15, 0.2) is 24.3 Å². The zero-order valence-electron chi connectivity index (χ0n) is 12.9. The Morgan fingerprint density at radius 3 is 2.43 bits per heavy atom. The highest BCUT2D eigenvalue weighted by atomic mass is 35.5. The van der Waals surface area contributed by atoms with Crippen LogP contribution in [0.5, 0.6) is 0 Å². The molecule has 1 atom stereocenters. The molecule has 1 N–H and O–H groups in total. The standard InChI is InChI=1S/C16H22ClNO3/c1-11(12-7-5-6-8-13(12)17)18-14(19)9-10-15(20)21-16(2,3)4/h5-8,11H,9-10H2,1-4H3,(H,18,19). The van der Waals surface area contributed by atoms with Gasteiger partial charge in [-0.1, -0.05) is 29.8 Å². The maximum absolute atomic E-state index is 11.8. The van der Waals surface area contributed by atoms with Crippen molar-refractivity contribution in [3.63, 3.8) is 0 Å². The van der Waals surface area contributed by atoms with Gasteiger partial charge in [-0.05, 0) is 39.3 Å². The molecule has 0 aliphatic carbocycles. The van der Waals surface area contributed by atoms with Crippen LogP contribution in [0.3, 0.4) is 0 Å². The van der Waals surface area contributed by atoms with Gasteiger partial charge in [-0.3, -0.25) is 9.59 Å². The number of halogens is 1. The number of carbonyl (C=O) groups excluding carboxylic acids is 2. The summed E-state index contributed by atoms with van der Waals surface area (Å²) in [7, 11) is 0. The summed E-state index contributed by atoms with van der Waals surface area (Å²) < 4.78 is 5.16. The van der Waals surface area contributed by atoms with E-state index in [9.17, 15) is 9.59 Å². The van der Waals surface area contributed by atoms with Crippen molar-refractivity contribution in [2.75, 3.05) is 0 Å². The summed E-state index contributed by atoms with van der Waals surface area (Å²) in [5, 5.41) is 3.43. The molecule has 0 bridgehead atoms. The van der Waals surface area contributed by atoms with Crippen molar-refractivity contribution in [3.05, 3.63) is 34.9 Å². The Labute approximate surface area is 130 Å². The highest BCUT2D eigenvalue weighted by molar-refractivity contribution is 6.31. The SMILES string of the molecule is CC(NC(=O)CCC(=O)OC(C)(C)C)c1ccccc1Cl. The van der Waals surface area contributed by atoms with Crippen LogP contribution in [0.25, 0.3) is 0 Å². The second-order valence-electron chi connectivity index (χ2n) is 5.90. The molecule has 1 rings (SSSR count). The molecule has 5 heteroatoms. The van der Waals surface area contributed by atoms with Gasteiger partial charge < -0.3 is 10.1 Å². The van der Waals surface area contributed by atoms with Gasteiger partial charge in [-0.15, -0.1) is 0 Å². The molecule has 116 valence electrons. The third kappa shape index (κ3) is 6.63. The number of nitrogens with one attached hydrogen (secondary N) is 1. The van der Waals surface area contributed by atoms with E-state index in [0.29, 0.717) is 5.02 Å². The first-order chi connectivity index (χ1) is 9.69. The van der Waals surface area contributed by atoms with Crippen molar-refractivity contribution in [3.8, 4) is 0 Å². The molecule has 0 saturated heterocycles. The fourth-order valence-electron chi connectivity index (χ4n) is 1.83. The lowest BCUT2D eigenvalue weighted by Gasteiger charge is -2.19. The molecule has 0 aliphatic heterocycles. The van der Waals surface area contributed by atoms with E-state index in [1.54, 1.807) is 26.8 Å². The predicted molar refractivity (Wildman–Crippen MR) is 83.1 cm³/mol. The predicted octanol–water partition coefficient (Wildman–Crippen LogP) is 3.64. The fourth-order valence-corrected chi connectivity index (χ4v) is 2.13. The Balaban J connectivity index is 2.44. The van der Waals surface area contributed by atoms with Gasteiger partial charge in [0.15, 0.2) is 0 Å². The van der Waals surface area contributed by atoms with Crippen LogP contribution in [0.1, 0.15) is 52.1 Å². The topological polar surface area (TPSA) is 55.4 Å². The maximum atomic E-state index is 11.8. The van der Waals surface area contributed by atoms with E-state index in [2.05, 4.69) is 5.32 Å². The number of hydrogen-bond donors (Lipinski definition) is 1. The number of amides is 1. The minimum atomic E-state index is -0.529. The highest BCUT2D eigenvalue weighted by Crippen LogP contribution is 2.22. The van der Waals surface area contributed by atoms with Gasteiger partial charge in [0.05, 0.1) is 12.5 Å². The summed E-state index contributed by atoms with van der Waals surface area (Å²) in [5.41, 5.74) is 0.322. The van der Waals surface area contributed by atoms with Gasteiger partial charge in [-0.2, -0.15) is 0 Å². The Kier molecular flexibility index (Phi) is 6.21. The molecular formula is C16H22ClNO3. The quantitative estimate of drug-likeness (QED) is 0.845. The van der Waals surface area contributed by atoms with E-state index in [-0.39, 0.29) is 30.8 Å². The first kappa shape index (κ1) is 17.5. The van der Waals surface area contributed by atoms with E-state index in [1.807, 2.05) is 25.1 Å². The molecule has 1 unspecified atom stereocenters. The van der Waals surface area contributed by atoms with Crippen LogP contribution in [0.4, 0.5) is 0 Å². The van der Waals surface area contributed by atoms with Gasteiger partial charge in [-0.25, -0.2) is 0 Å². The van der Waals surface area contributed by atoms with E-state index in [1.165, 1.54) is 0 Å². The van der Waals surface area contributed by atoms with Gasteiger partial charge in [0, 0.05) is 11.4 Å². The largest absolute Gasteiger partial charge is 0.460 e. The van der Waals surface area contributed by atoms with Crippen LogP contribution in [0, 0.1) is 0 Å². The molecule has 0 radical (unpaired) electrons. The Morgan fingerprint density at radius 1 is 1.24 bits per heavy atom. The van der Waals surface area contributed by atoms with E-state index >= 15 is 0 Å². The minimum Gasteiger partial charge on any atom is -0.460 e. The Bertz CT molecular complexity index is 508. The molecular weight excluding hydrogens is 290 g/mol. The molecule has 0 aromatic heterocycles. The number of hydrogen-bond acceptors (Lipinski definition) is 3. The monoisotopic (exact) mass is 311 g/mol. The Morgan fingerprint density at radius 2 is 1.86 bits per heavy atom. The number of esters is 1. The summed E-state index contributed by atoms with van der Waals surface area (Å²) >= 11 is 6.08. The lowest BCUT2D eigenvalue weighted by molar-refractivity contribution is -0.155. The van der Waals surface area contributed by atoms with Crippen molar-refractivity contribution < 1.29 is 14.3 Å². The summed E-state index contributed by atoms with van der Waals surface area (Å²) in [6, 6.07) is 7.14. The molecule has 0 heterocycles. The summed E-state index contributed by atoms with van der Waals surface area (Å²) in [6.07, 6.45) is 0.169. The molecule has 0 saturated carbocycles. The van der Waals surface area contributed by atoms with Crippen molar-refractivity contribution >= 4 is 23.5 Å².